The number of pyridine rings is 1. The number of para-hydroxylation sites is 1. The molecule has 0 bridgehead atoms. The van der Waals surface area contributed by atoms with E-state index in [4.69, 9.17) is 19.8 Å². The molecule has 1 heterocycles. The van der Waals surface area contributed by atoms with Crippen LogP contribution in [0.2, 0.25) is 5.02 Å². The molecule has 118 valence electrons. The fourth-order valence-electron chi connectivity index (χ4n) is 1.42. The van der Waals surface area contributed by atoms with Crippen molar-refractivity contribution in [2.24, 2.45) is 0 Å². The average molecular weight is 389 g/mol. The number of nitrogens with zero attached hydrogens (tertiary/aromatic N) is 1. The van der Waals surface area contributed by atoms with Crippen LogP contribution in [-0.2, 0) is 8.53 Å². The molecule has 0 aliphatic rings. The number of amides is 1. The van der Waals surface area contributed by atoms with E-state index in [0.29, 0.717) is 5.02 Å². The first kappa shape index (κ1) is 18.3. The summed E-state index contributed by atoms with van der Waals surface area (Å²) in [4.78, 5) is 14.5. The van der Waals surface area contributed by atoms with Crippen molar-refractivity contribution in [3.8, 4) is 5.75 Å². The molecule has 9 heteroatoms. The summed E-state index contributed by atoms with van der Waals surface area (Å²) >= 11 is 0.335. The Morgan fingerprint density at radius 2 is 1.95 bits per heavy atom. The second-order valence-corrected chi connectivity index (χ2v) is 7.80. The molecule has 4 N–H and O–H groups in total. The van der Waals surface area contributed by atoms with Gasteiger partial charge in [-0.15, -0.1) is 0 Å². The van der Waals surface area contributed by atoms with Crippen LogP contribution < -0.4 is 9.67 Å². The molecular weight excluding hydrogens is 375 g/mol. The van der Waals surface area contributed by atoms with Crippen LogP contribution in [-0.4, -0.2) is 38.4 Å². The van der Waals surface area contributed by atoms with Gasteiger partial charge in [0.05, 0.1) is 5.02 Å². The van der Waals surface area contributed by atoms with E-state index in [1.54, 1.807) is 24.5 Å². The van der Waals surface area contributed by atoms with Crippen LogP contribution in [0.5, 0.6) is 5.75 Å². The molecule has 0 saturated carbocycles. The van der Waals surface area contributed by atoms with Crippen molar-refractivity contribution in [1.82, 2.24) is 4.98 Å². The van der Waals surface area contributed by atoms with Gasteiger partial charge in [-0.2, -0.15) is 0 Å². The molecule has 0 aliphatic carbocycles. The van der Waals surface area contributed by atoms with E-state index in [-0.39, 0.29) is 15.8 Å². The summed E-state index contributed by atoms with van der Waals surface area (Å²) in [5.41, 5.74) is -0.225. The Morgan fingerprint density at radius 3 is 2.36 bits per heavy atom. The maximum atomic E-state index is 11.1. The van der Waals surface area contributed by atoms with Gasteiger partial charge in [-0.3, -0.25) is 4.98 Å². The van der Waals surface area contributed by atoms with E-state index in [1.807, 2.05) is 0 Å². The summed E-state index contributed by atoms with van der Waals surface area (Å²) in [6, 6.07) is 7.29. The number of carbonyl (C=O) groups excluding carboxylic acids is 1. The van der Waals surface area contributed by atoms with Gasteiger partial charge in [0.2, 0.25) is 0 Å². The third kappa shape index (κ3) is 5.91. The van der Waals surface area contributed by atoms with Gasteiger partial charge in [0.1, 0.15) is 0 Å². The van der Waals surface area contributed by atoms with Crippen molar-refractivity contribution in [2.75, 3.05) is 5.32 Å². The molecule has 0 fully saturated rings. The van der Waals surface area contributed by atoms with Gasteiger partial charge in [-0.25, -0.2) is 0 Å². The maximum absolute atomic E-state index is 11.1. The van der Waals surface area contributed by atoms with Crippen molar-refractivity contribution in [1.29, 1.82) is 0 Å². The van der Waals surface area contributed by atoms with Crippen LogP contribution in [0.1, 0.15) is 6.92 Å². The molecule has 1 aromatic carbocycles. The molecule has 0 radical (unpaired) electrons. The molecule has 0 spiro atoms. The fourth-order valence-corrected chi connectivity index (χ4v) is 3.10. The van der Waals surface area contributed by atoms with Gasteiger partial charge in [0.25, 0.3) is 0 Å². The Labute approximate surface area is 134 Å². The zero-order valence-electron chi connectivity index (χ0n) is 11.5. The minimum Gasteiger partial charge on any atom is -0.263 e. The number of phenolic OH excluding ortho intramolecular Hbond substituents is 1. The first-order chi connectivity index (χ1) is 10.2. The van der Waals surface area contributed by atoms with E-state index in [2.05, 4.69) is 10.3 Å². The molecule has 0 aliphatic heterocycles. The van der Waals surface area contributed by atoms with Crippen LogP contribution in [0.4, 0.5) is 5.69 Å². The molecule has 2 rings (SSSR count). The quantitative estimate of drug-likeness (QED) is 0.443. The second-order valence-electron chi connectivity index (χ2n) is 4.07. The number of aromatic hydroxyl groups is 1. The smallest absolute Gasteiger partial charge is 0.0589 e. The summed E-state index contributed by atoms with van der Waals surface area (Å²) in [6.45, 7) is 1.18. The Bertz CT molecular complexity index is 690. The largest absolute Gasteiger partial charge is 0.263 e. The predicted octanol–water partition coefficient (Wildman–Crippen LogP) is 0.647. The Kier molecular flexibility index (Phi) is 6.64. The summed E-state index contributed by atoms with van der Waals surface area (Å²) in [6.07, 6.45) is 3.29. The van der Waals surface area contributed by atoms with Gasteiger partial charge in [0, 0.05) is 12.4 Å². The minimum absolute atomic E-state index is 0.225. The van der Waals surface area contributed by atoms with Crippen molar-refractivity contribution in [3.05, 3.63) is 47.7 Å². The molecule has 7 nitrogen and oxygen atoms in total. The standard InChI is InChI=1S/C8H10AsNO5.C5H4ClN/c1-5(11)10-8-6(9(13,14)15)3-2-4-7(8)12;6-5-2-1-3-7-4-5/h2-4,12H,1H3,(H,10,11)(H2,13,14,15);1-4H. The molecule has 0 saturated heterocycles. The monoisotopic (exact) mass is 388 g/mol. The van der Waals surface area contributed by atoms with Crippen LogP contribution in [0.25, 0.3) is 0 Å². The number of halogens is 1. The van der Waals surface area contributed by atoms with E-state index in [0.717, 1.165) is 0 Å². The third-order valence-electron chi connectivity index (χ3n) is 2.26. The summed E-state index contributed by atoms with van der Waals surface area (Å²) in [5.74, 6) is -0.880. The molecule has 0 atom stereocenters. The number of carbonyl (C=O) groups is 1. The van der Waals surface area contributed by atoms with Gasteiger partial charge < -0.3 is 0 Å². The van der Waals surface area contributed by atoms with Crippen LogP contribution >= 0.6 is 11.6 Å². The second kappa shape index (κ2) is 8.00. The number of hydrogen-bond donors (Lipinski definition) is 4. The Balaban J connectivity index is 0.000000287. The SMILES string of the molecule is CC(=O)Nc1c(O)cccc1[As](=O)(O)O.Clc1cccnc1. The Morgan fingerprint density at radius 1 is 1.27 bits per heavy atom. The van der Waals surface area contributed by atoms with E-state index >= 15 is 0 Å². The molecule has 1 aromatic heterocycles. The third-order valence-corrected chi connectivity index (χ3v) is 4.58. The Hall–Kier alpha value is -1.79. The van der Waals surface area contributed by atoms with Crippen molar-refractivity contribution < 1.29 is 21.8 Å². The molecule has 0 unspecified atom stereocenters. The number of nitrogens with one attached hydrogen (secondary N) is 1. The van der Waals surface area contributed by atoms with E-state index in [9.17, 15) is 13.6 Å². The van der Waals surface area contributed by atoms with Crippen molar-refractivity contribution >= 4 is 41.7 Å². The van der Waals surface area contributed by atoms with Gasteiger partial charge in [-0.05, 0) is 12.1 Å². The molecular formula is C13H14AsClN2O5. The molecule has 22 heavy (non-hydrogen) atoms. The van der Waals surface area contributed by atoms with Crippen LogP contribution in [0.15, 0.2) is 42.7 Å². The minimum atomic E-state index is -5.14. The number of phenols is 1. The predicted molar refractivity (Wildman–Crippen MR) is 82.2 cm³/mol. The van der Waals surface area contributed by atoms with Gasteiger partial charge in [0.15, 0.2) is 0 Å². The topological polar surface area (TPSA) is 120 Å². The zero-order chi connectivity index (χ0) is 16.8. The summed E-state index contributed by atoms with van der Waals surface area (Å²) in [5, 5.41) is 12.2. The number of anilines is 1. The average Bonchev–Trinajstić information content (AvgIpc) is 2.41. The fraction of sp³-hybridized carbons (Fsp3) is 0.0769. The van der Waals surface area contributed by atoms with E-state index in [1.165, 1.54) is 25.1 Å². The molecule has 1 amide bonds. The summed E-state index contributed by atoms with van der Waals surface area (Å²) < 4.78 is 28.8. The first-order valence-electron chi connectivity index (χ1n) is 5.93. The number of benzene rings is 1. The number of rotatable bonds is 2. The van der Waals surface area contributed by atoms with E-state index < -0.39 is 20.1 Å². The number of aromatic nitrogens is 1. The van der Waals surface area contributed by atoms with Gasteiger partial charge >= 0.3 is 88.1 Å². The number of hydrogen-bond acceptors (Lipinski definition) is 4. The van der Waals surface area contributed by atoms with Crippen molar-refractivity contribution in [3.63, 3.8) is 0 Å². The first-order valence-corrected chi connectivity index (χ1v) is 9.69. The van der Waals surface area contributed by atoms with Crippen LogP contribution in [0.3, 0.4) is 0 Å². The van der Waals surface area contributed by atoms with Gasteiger partial charge in [-0.1, -0.05) is 11.6 Å². The maximum Gasteiger partial charge on any atom is 0.0589 e. The van der Waals surface area contributed by atoms with Crippen LogP contribution in [0, 0.1) is 0 Å². The normalized spacial score (nSPS) is 10.4. The summed E-state index contributed by atoms with van der Waals surface area (Å²) in [7, 11) is 0. The zero-order valence-corrected chi connectivity index (χ0v) is 14.1. The van der Waals surface area contributed by atoms with Crippen molar-refractivity contribution in [2.45, 2.75) is 6.92 Å². The molecule has 2 aromatic rings.